The van der Waals surface area contributed by atoms with E-state index in [9.17, 15) is 5.11 Å². The topological polar surface area (TPSA) is 57.6 Å². The first kappa shape index (κ1) is 15.8. The lowest BCUT2D eigenvalue weighted by molar-refractivity contribution is 0.147. The van der Waals surface area contributed by atoms with Crippen molar-refractivity contribution < 1.29 is 9.84 Å². The quantitative estimate of drug-likeness (QED) is 0.907. The second kappa shape index (κ2) is 6.98. The number of ether oxygens (including phenoxy) is 1. The second-order valence-electron chi connectivity index (χ2n) is 5.85. The number of nitrogens with one attached hydrogen (secondary N) is 1. The van der Waals surface area contributed by atoms with Gasteiger partial charge in [0.2, 0.25) is 0 Å². The normalized spacial score (nSPS) is 18.8. The summed E-state index contributed by atoms with van der Waals surface area (Å²) in [7, 11) is 1.70. The van der Waals surface area contributed by atoms with Gasteiger partial charge in [0.25, 0.3) is 0 Å². The van der Waals surface area contributed by atoms with Gasteiger partial charge in [-0.15, -0.1) is 0 Å². The molecule has 0 saturated carbocycles. The van der Waals surface area contributed by atoms with E-state index in [1.807, 2.05) is 31.2 Å². The molecule has 0 radical (unpaired) electrons. The van der Waals surface area contributed by atoms with Crippen LogP contribution in [-0.2, 0) is 6.54 Å². The van der Waals surface area contributed by atoms with E-state index in [0.717, 1.165) is 42.3 Å². The molecular formula is C18H23N3O2. The van der Waals surface area contributed by atoms with Crippen molar-refractivity contribution in [3.8, 4) is 11.5 Å². The van der Waals surface area contributed by atoms with Crippen molar-refractivity contribution >= 4 is 0 Å². The summed E-state index contributed by atoms with van der Waals surface area (Å²) in [6.45, 7) is 5.25. The number of hydrogen-bond acceptors (Lipinski definition) is 5. The van der Waals surface area contributed by atoms with E-state index in [-0.39, 0.29) is 11.8 Å². The van der Waals surface area contributed by atoms with Crippen molar-refractivity contribution in [2.75, 3.05) is 26.7 Å². The number of pyridine rings is 1. The average Bonchev–Trinajstić information content (AvgIpc) is 2.58. The van der Waals surface area contributed by atoms with E-state index in [1.54, 1.807) is 13.2 Å². The molecule has 2 heterocycles. The number of methoxy groups -OCH3 is 1. The fourth-order valence-corrected chi connectivity index (χ4v) is 3.10. The van der Waals surface area contributed by atoms with E-state index in [0.29, 0.717) is 6.54 Å². The monoisotopic (exact) mass is 313 g/mol. The fourth-order valence-electron chi connectivity index (χ4n) is 3.10. The van der Waals surface area contributed by atoms with Crippen molar-refractivity contribution in [3.05, 3.63) is 53.3 Å². The van der Waals surface area contributed by atoms with E-state index >= 15 is 0 Å². The number of piperazine rings is 1. The predicted molar refractivity (Wildman–Crippen MR) is 89.7 cm³/mol. The number of para-hydroxylation sites is 1. The molecule has 0 amide bonds. The van der Waals surface area contributed by atoms with Gasteiger partial charge in [0.05, 0.1) is 18.8 Å². The smallest absolute Gasteiger partial charge is 0.138 e. The molecule has 0 aliphatic carbocycles. The van der Waals surface area contributed by atoms with Crippen molar-refractivity contribution in [1.82, 2.24) is 15.2 Å². The minimum absolute atomic E-state index is 0.196. The molecule has 1 atom stereocenters. The first-order valence-electron chi connectivity index (χ1n) is 7.92. The number of rotatable bonds is 4. The van der Waals surface area contributed by atoms with Crippen LogP contribution < -0.4 is 10.1 Å². The van der Waals surface area contributed by atoms with Crippen LogP contribution in [0, 0.1) is 6.92 Å². The van der Waals surface area contributed by atoms with E-state index in [2.05, 4.69) is 21.3 Å². The SMILES string of the molecule is COc1ccccc1C1CNCCN1Cc1nc(C)ccc1O. The molecule has 2 N–H and O–H groups in total. The Morgan fingerprint density at radius 2 is 2.13 bits per heavy atom. The molecule has 1 aliphatic rings. The van der Waals surface area contributed by atoms with Gasteiger partial charge in [0.1, 0.15) is 11.5 Å². The van der Waals surface area contributed by atoms with E-state index in [1.165, 1.54) is 0 Å². The summed E-state index contributed by atoms with van der Waals surface area (Å²) < 4.78 is 5.52. The maximum atomic E-state index is 10.1. The van der Waals surface area contributed by atoms with E-state index in [4.69, 9.17) is 4.74 Å². The summed E-state index contributed by atoms with van der Waals surface area (Å²) in [5, 5.41) is 13.5. The average molecular weight is 313 g/mol. The molecule has 1 unspecified atom stereocenters. The number of aromatic hydroxyl groups is 1. The Kier molecular flexibility index (Phi) is 4.79. The molecule has 23 heavy (non-hydrogen) atoms. The third-order valence-electron chi connectivity index (χ3n) is 4.29. The Morgan fingerprint density at radius 1 is 1.30 bits per heavy atom. The zero-order valence-electron chi connectivity index (χ0n) is 13.6. The van der Waals surface area contributed by atoms with Crippen LogP contribution >= 0.6 is 0 Å². The molecule has 1 aromatic carbocycles. The van der Waals surface area contributed by atoms with Crippen LogP contribution in [0.25, 0.3) is 0 Å². The number of aryl methyl sites for hydroxylation is 1. The summed E-state index contributed by atoms with van der Waals surface area (Å²) in [4.78, 5) is 6.84. The highest BCUT2D eigenvalue weighted by atomic mass is 16.5. The third kappa shape index (κ3) is 3.46. The molecule has 2 aromatic rings. The minimum Gasteiger partial charge on any atom is -0.506 e. The highest BCUT2D eigenvalue weighted by Crippen LogP contribution is 2.31. The molecule has 1 fully saturated rings. The van der Waals surface area contributed by atoms with Crippen LogP contribution in [0.4, 0.5) is 0 Å². The van der Waals surface area contributed by atoms with Crippen LogP contribution in [0.15, 0.2) is 36.4 Å². The lowest BCUT2D eigenvalue weighted by Crippen LogP contribution is -2.45. The van der Waals surface area contributed by atoms with Gasteiger partial charge in [-0.3, -0.25) is 9.88 Å². The lowest BCUT2D eigenvalue weighted by Gasteiger charge is -2.37. The number of hydrogen-bond donors (Lipinski definition) is 2. The molecule has 1 aliphatic heterocycles. The number of nitrogens with zero attached hydrogens (tertiary/aromatic N) is 2. The Bertz CT molecular complexity index is 675. The highest BCUT2D eigenvalue weighted by molar-refractivity contribution is 5.37. The van der Waals surface area contributed by atoms with Gasteiger partial charge in [-0.2, -0.15) is 0 Å². The van der Waals surface area contributed by atoms with Crippen LogP contribution in [0.5, 0.6) is 11.5 Å². The third-order valence-corrected chi connectivity index (χ3v) is 4.29. The lowest BCUT2D eigenvalue weighted by atomic mass is 10.0. The molecule has 0 bridgehead atoms. The molecule has 1 aromatic heterocycles. The highest BCUT2D eigenvalue weighted by Gasteiger charge is 2.27. The molecule has 3 rings (SSSR count). The first-order valence-corrected chi connectivity index (χ1v) is 7.92. The van der Waals surface area contributed by atoms with Crippen molar-refractivity contribution in [2.24, 2.45) is 0 Å². The van der Waals surface area contributed by atoms with Crippen molar-refractivity contribution in [2.45, 2.75) is 19.5 Å². The zero-order chi connectivity index (χ0) is 16.2. The van der Waals surface area contributed by atoms with E-state index < -0.39 is 0 Å². The van der Waals surface area contributed by atoms with Gasteiger partial charge in [-0.25, -0.2) is 0 Å². The summed E-state index contributed by atoms with van der Waals surface area (Å²) in [5.74, 6) is 1.15. The van der Waals surface area contributed by atoms with Gasteiger partial charge >= 0.3 is 0 Å². The van der Waals surface area contributed by atoms with Gasteiger partial charge in [0, 0.05) is 37.4 Å². The Morgan fingerprint density at radius 3 is 2.96 bits per heavy atom. The predicted octanol–water partition coefficient (Wildman–Crippen LogP) is 2.25. The Balaban J connectivity index is 1.88. The van der Waals surface area contributed by atoms with Crippen LogP contribution in [0.2, 0.25) is 0 Å². The molecule has 5 nitrogen and oxygen atoms in total. The van der Waals surface area contributed by atoms with Gasteiger partial charge in [0.15, 0.2) is 0 Å². The molecule has 122 valence electrons. The molecular weight excluding hydrogens is 290 g/mol. The Labute approximate surface area is 136 Å². The molecule has 5 heteroatoms. The van der Waals surface area contributed by atoms with Crippen LogP contribution in [0.3, 0.4) is 0 Å². The minimum atomic E-state index is 0.196. The number of benzene rings is 1. The molecule has 1 saturated heterocycles. The largest absolute Gasteiger partial charge is 0.506 e. The standard InChI is InChI=1S/C18H23N3O2/c1-13-7-8-17(22)15(20-13)12-21-10-9-19-11-16(21)14-5-3-4-6-18(14)23-2/h3-8,16,19,22H,9-12H2,1-2H3. The summed E-state index contributed by atoms with van der Waals surface area (Å²) in [6.07, 6.45) is 0. The summed E-state index contributed by atoms with van der Waals surface area (Å²) >= 11 is 0. The summed E-state index contributed by atoms with van der Waals surface area (Å²) in [6, 6.07) is 11.9. The molecule has 0 spiro atoms. The Hall–Kier alpha value is -2.11. The van der Waals surface area contributed by atoms with Crippen LogP contribution in [-0.4, -0.2) is 41.7 Å². The summed E-state index contributed by atoms with van der Waals surface area (Å²) in [5.41, 5.74) is 2.81. The van der Waals surface area contributed by atoms with Gasteiger partial charge in [-0.05, 0) is 25.1 Å². The zero-order valence-corrected chi connectivity index (χ0v) is 13.6. The maximum absolute atomic E-state index is 10.1. The van der Waals surface area contributed by atoms with Crippen LogP contribution in [0.1, 0.15) is 23.0 Å². The fraction of sp³-hybridized carbons (Fsp3) is 0.389. The van der Waals surface area contributed by atoms with Gasteiger partial charge < -0.3 is 15.2 Å². The van der Waals surface area contributed by atoms with Crippen molar-refractivity contribution in [1.29, 1.82) is 0 Å². The maximum Gasteiger partial charge on any atom is 0.138 e. The second-order valence-corrected chi connectivity index (χ2v) is 5.85. The first-order chi connectivity index (χ1) is 11.2. The number of aromatic nitrogens is 1. The van der Waals surface area contributed by atoms with Crippen molar-refractivity contribution in [3.63, 3.8) is 0 Å². The van der Waals surface area contributed by atoms with Gasteiger partial charge in [-0.1, -0.05) is 18.2 Å².